The number of alkyl halides is 1. The smallest absolute Gasteiger partial charge is 0.330 e. The van der Waals surface area contributed by atoms with Crippen LogP contribution in [0.4, 0.5) is 4.39 Å². The summed E-state index contributed by atoms with van der Waals surface area (Å²) in [5, 5.41) is 10.0. The minimum Gasteiger partial charge on any atom is -0.393 e. The molecule has 0 spiro atoms. The molecular weight excluding hydrogens is 429 g/mol. The molecule has 2 aliphatic rings. The van der Waals surface area contributed by atoms with Crippen LogP contribution in [0.15, 0.2) is 70.5 Å². The molecule has 0 amide bonds. The number of benzene rings is 2. The number of aliphatic hydroxyl groups is 1. The van der Waals surface area contributed by atoms with Crippen molar-refractivity contribution < 1.29 is 26.3 Å². The predicted octanol–water partition coefficient (Wildman–Crippen LogP) is 2.55. The van der Waals surface area contributed by atoms with E-state index in [0.717, 1.165) is 0 Å². The van der Waals surface area contributed by atoms with Crippen LogP contribution in [-0.4, -0.2) is 55.9 Å². The van der Waals surface area contributed by atoms with E-state index in [1.54, 1.807) is 17.0 Å². The molecule has 9 heteroatoms. The van der Waals surface area contributed by atoms with Gasteiger partial charge in [-0.25, -0.2) is 21.2 Å². The lowest BCUT2D eigenvalue weighted by Gasteiger charge is -2.40. The Labute approximate surface area is 176 Å². The topological polar surface area (TPSA) is 91.8 Å². The molecule has 0 radical (unpaired) electrons. The molecule has 0 saturated carbocycles. The van der Waals surface area contributed by atoms with Crippen LogP contribution in [0.2, 0.25) is 0 Å². The van der Waals surface area contributed by atoms with E-state index in [1.165, 1.54) is 48.5 Å². The van der Waals surface area contributed by atoms with Crippen molar-refractivity contribution in [1.82, 2.24) is 4.90 Å². The minimum absolute atomic E-state index is 0.245. The molecule has 2 aromatic carbocycles. The Morgan fingerprint density at radius 1 is 0.833 bits per heavy atom. The fourth-order valence-corrected chi connectivity index (χ4v) is 8.69. The average molecular weight is 454 g/mol. The molecule has 4 rings (SSSR count). The second-order valence-electron chi connectivity index (χ2n) is 7.98. The third-order valence-electron chi connectivity index (χ3n) is 6.14. The van der Waals surface area contributed by atoms with Crippen molar-refractivity contribution in [2.75, 3.05) is 6.54 Å². The summed E-state index contributed by atoms with van der Waals surface area (Å²) in [6, 6.07) is 13.2. The minimum atomic E-state index is -4.90. The zero-order valence-corrected chi connectivity index (χ0v) is 17.9. The molecule has 2 aromatic rings. The van der Waals surface area contributed by atoms with Gasteiger partial charge in [0, 0.05) is 12.1 Å². The highest BCUT2D eigenvalue weighted by atomic mass is 32.3. The van der Waals surface area contributed by atoms with Gasteiger partial charge in [0.2, 0.25) is 19.7 Å². The van der Waals surface area contributed by atoms with Gasteiger partial charge in [0.25, 0.3) is 0 Å². The van der Waals surface area contributed by atoms with E-state index < -0.39 is 36.7 Å². The molecule has 2 bridgehead atoms. The summed E-state index contributed by atoms with van der Waals surface area (Å²) in [6.07, 6.45) is 1.57. The summed E-state index contributed by atoms with van der Waals surface area (Å²) < 4.78 is 66.8. The Hall–Kier alpha value is -1.81. The first kappa shape index (κ1) is 21.4. The first-order valence-corrected chi connectivity index (χ1v) is 12.9. The van der Waals surface area contributed by atoms with Crippen LogP contribution in [0.5, 0.6) is 0 Å². The van der Waals surface area contributed by atoms with E-state index in [2.05, 4.69) is 0 Å². The van der Waals surface area contributed by atoms with Crippen LogP contribution in [0.3, 0.4) is 0 Å². The van der Waals surface area contributed by atoms with Gasteiger partial charge in [-0.15, -0.1) is 0 Å². The Morgan fingerprint density at radius 2 is 1.23 bits per heavy atom. The number of hydrogen-bond donors (Lipinski definition) is 1. The van der Waals surface area contributed by atoms with Crippen LogP contribution < -0.4 is 0 Å². The third kappa shape index (κ3) is 3.37. The van der Waals surface area contributed by atoms with E-state index >= 15 is 4.39 Å². The molecule has 0 aromatic heterocycles. The lowest BCUT2D eigenvalue weighted by molar-refractivity contribution is 0.0257. The number of hydrogen-bond acceptors (Lipinski definition) is 6. The van der Waals surface area contributed by atoms with Gasteiger partial charge in [0.1, 0.15) is 0 Å². The van der Waals surface area contributed by atoms with Gasteiger partial charge < -0.3 is 5.11 Å². The normalized spacial score (nSPS) is 25.3. The summed E-state index contributed by atoms with van der Waals surface area (Å²) in [4.78, 5) is 0.876. The summed E-state index contributed by atoms with van der Waals surface area (Å²) in [6.45, 7) is -0.788. The van der Waals surface area contributed by atoms with Gasteiger partial charge >= 0.3 is 4.33 Å². The van der Waals surface area contributed by atoms with Crippen molar-refractivity contribution in [3.63, 3.8) is 0 Å². The second kappa shape index (κ2) is 7.71. The number of nitrogens with zero attached hydrogens (tertiary/aromatic N) is 1. The molecule has 162 valence electrons. The van der Waals surface area contributed by atoms with Crippen LogP contribution in [-0.2, 0) is 19.7 Å². The Balaban J connectivity index is 1.84. The van der Waals surface area contributed by atoms with E-state index in [4.69, 9.17) is 0 Å². The van der Waals surface area contributed by atoms with Crippen LogP contribution in [0.1, 0.15) is 25.7 Å². The Bertz CT molecular complexity index is 1020. The van der Waals surface area contributed by atoms with Gasteiger partial charge in [-0.05, 0) is 49.9 Å². The molecule has 2 aliphatic heterocycles. The monoisotopic (exact) mass is 453 g/mol. The summed E-state index contributed by atoms with van der Waals surface area (Å²) >= 11 is 0. The lowest BCUT2D eigenvalue weighted by atomic mass is 10.0. The van der Waals surface area contributed by atoms with E-state index in [0.29, 0.717) is 25.7 Å². The van der Waals surface area contributed by atoms with Crippen molar-refractivity contribution >= 4 is 19.7 Å². The van der Waals surface area contributed by atoms with Gasteiger partial charge in [0.05, 0.1) is 22.4 Å². The average Bonchev–Trinajstić information content (AvgIpc) is 2.97. The van der Waals surface area contributed by atoms with Crippen LogP contribution >= 0.6 is 0 Å². The van der Waals surface area contributed by atoms with Gasteiger partial charge in [-0.1, -0.05) is 36.4 Å². The largest absolute Gasteiger partial charge is 0.393 e. The quantitative estimate of drug-likeness (QED) is 0.723. The maximum absolute atomic E-state index is 16.7. The zero-order valence-electron chi connectivity index (χ0n) is 16.3. The highest BCUT2D eigenvalue weighted by Gasteiger charge is 2.60. The molecule has 2 unspecified atom stereocenters. The zero-order chi connectivity index (χ0) is 21.6. The van der Waals surface area contributed by atoms with Crippen LogP contribution in [0.25, 0.3) is 0 Å². The molecule has 2 atom stereocenters. The number of aliphatic hydroxyl groups excluding tert-OH is 1. The maximum atomic E-state index is 16.7. The first-order chi connectivity index (χ1) is 14.2. The first-order valence-electron chi connectivity index (χ1n) is 9.89. The highest BCUT2D eigenvalue weighted by molar-refractivity contribution is 8.10. The van der Waals surface area contributed by atoms with Gasteiger partial charge in [0.15, 0.2) is 0 Å². The SMILES string of the molecule is O=S(=O)(c1ccccc1)C(F)(CN1C2CCC1CC(O)C2)S(=O)(=O)c1ccccc1. The fraction of sp³-hybridized carbons (Fsp3) is 0.429. The molecular formula is C21H24FNO5S2. The molecule has 2 fully saturated rings. The number of rotatable bonds is 6. The van der Waals surface area contributed by atoms with E-state index in [9.17, 15) is 21.9 Å². The van der Waals surface area contributed by atoms with Gasteiger partial charge in [-0.2, -0.15) is 0 Å². The van der Waals surface area contributed by atoms with Crippen molar-refractivity contribution in [1.29, 1.82) is 0 Å². The standard InChI is InChI=1S/C21H24FNO5S2/c22-21(29(25,26)19-7-3-1-4-8-19,30(27,28)20-9-5-2-6-10-20)15-23-16-11-12-17(23)14-18(24)13-16/h1-10,16-18,24H,11-15H2. The fourth-order valence-electron chi connectivity index (χ4n) is 4.59. The van der Waals surface area contributed by atoms with E-state index in [1.807, 2.05) is 0 Å². The predicted molar refractivity (Wildman–Crippen MR) is 110 cm³/mol. The lowest BCUT2D eigenvalue weighted by Crippen LogP contribution is -2.56. The second-order valence-corrected chi connectivity index (χ2v) is 12.5. The molecule has 2 saturated heterocycles. The molecule has 30 heavy (non-hydrogen) atoms. The summed E-state index contributed by atoms with van der Waals surface area (Å²) in [5.41, 5.74) is 0. The molecule has 2 heterocycles. The van der Waals surface area contributed by atoms with Crippen molar-refractivity contribution in [2.24, 2.45) is 0 Å². The summed E-state index contributed by atoms with van der Waals surface area (Å²) in [7, 11) is -9.79. The van der Waals surface area contributed by atoms with Gasteiger partial charge in [-0.3, -0.25) is 4.90 Å². The number of sulfone groups is 2. The van der Waals surface area contributed by atoms with E-state index in [-0.39, 0.29) is 21.9 Å². The molecule has 1 N–H and O–H groups in total. The maximum Gasteiger partial charge on any atom is 0.330 e. The Kier molecular flexibility index (Phi) is 5.50. The molecule has 6 nitrogen and oxygen atoms in total. The van der Waals surface area contributed by atoms with Crippen molar-refractivity contribution in [2.45, 2.75) is 58.0 Å². The molecule has 0 aliphatic carbocycles. The summed E-state index contributed by atoms with van der Waals surface area (Å²) in [5.74, 6) is 0. The van der Waals surface area contributed by atoms with Crippen molar-refractivity contribution in [3.8, 4) is 0 Å². The third-order valence-corrected chi connectivity index (χ3v) is 11.1. The van der Waals surface area contributed by atoms with Crippen LogP contribution in [0, 0.1) is 0 Å². The number of fused-ring (bicyclic) bond motifs is 2. The number of piperidine rings is 1. The Morgan fingerprint density at radius 3 is 1.63 bits per heavy atom. The highest BCUT2D eigenvalue weighted by Crippen LogP contribution is 2.43. The van der Waals surface area contributed by atoms with Crippen molar-refractivity contribution in [3.05, 3.63) is 60.7 Å². The number of halogens is 1.